The van der Waals surface area contributed by atoms with Crippen LogP contribution in [0, 0.1) is 0 Å². The first-order valence-corrected chi connectivity index (χ1v) is 10.6. The van der Waals surface area contributed by atoms with E-state index in [1.165, 1.54) is 0 Å². The molecule has 0 aliphatic carbocycles. The molecule has 0 aliphatic heterocycles. The van der Waals surface area contributed by atoms with E-state index in [-0.39, 0.29) is 11.7 Å². The zero-order valence-corrected chi connectivity index (χ0v) is 19.5. The van der Waals surface area contributed by atoms with Gasteiger partial charge in [-0.25, -0.2) is 0 Å². The Kier molecular flexibility index (Phi) is 8.07. The highest BCUT2D eigenvalue weighted by Gasteiger charge is 2.18. The second-order valence-corrected chi connectivity index (χ2v) is 6.93. The lowest BCUT2D eigenvalue weighted by Gasteiger charge is -2.14. The van der Waals surface area contributed by atoms with Gasteiger partial charge >= 0.3 is 0 Å². The number of benzene rings is 2. The van der Waals surface area contributed by atoms with Crippen molar-refractivity contribution < 1.29 is 32.9 Å². The van der Waals surface area contributed by atoms with Crippen LogP contribution in [0.25, 0.3) is 0 Å². The fraction of sp³-hybridized carbons (Fsp3) is 0.320. The Balaban J connectivity index is 1.77. The highest BCUT2D eigenvalue weighted by molar-refractivity contribution is 6.02. The van der Waals surface area contributed by atoms with Crippen LogP contribution >= 0.6 is 0 Å². The Bertz CT molecular complexity index is 1070. The van der Waals surface area contributed by atoms with Crippen molar-refractivity contribution in [2.24, 2.45) is 0 Å². The van der Waals surface area contributed by atoms with E-state index < -0.39 is 0 Å². The maximum absolute atomic E-state index is 12.7. The van der Waals surface area contributed by atoms with Crippen molar-refractivity contribution in [2.75, 3.05) is 39.9 Å². The largest absolute Gasteiger partial charge is 0.496 e. The quantitative estimate of drug-likeness (QED) is 0.438. The van der Waals surface area contributed by atoms with Gasteiger partial charge in [-0.2, -0.15) is 0 Å². The molecule has 3 aromatic rings. The Morgan fingerprint density at radius 3 is 2.09 bits per heavy atom. The number of furan rings is 1. The van der Waals surface area contributed by atoms with E-state index in [0.29, 0.717) is 59.8 Å². The van der Waals surface area contributed by atoms with Gasteiger partial charge in [0.1, 0.15) is 23.0 Å². The van der Waals surface area contributed by atoms with Crippen LogP contribution in [-0.4, -0.2) is 40.5 Å². The van der Waals surface area contributed by atoms with Gasteiger partial charge in [0.25, 0.3) is 5.91 Å². The van der Waals surface area contributed by atoms with Crippen molar-refractivity contribution in [3.05, 3.63) is 59.5 Å². The van der Waals surface area contributed by atoms with Crippen molar-refractivity contribution in [1.29, 1.82) is 0 Å². The van der Waals surface area contributed by atoms with Crippen LogP contribution in [0.2, 0.25) is 0 Å². The number of rotatable bonds is 11. The second kappa shape index (κ2) is 11.2. The molecule has 2 aromatic carbocycles. The lowest BCUT2D eigenvalue weighted by atomic mass is 10.1. The third-order valence-electron chi connectivity index (χ3n) is 4.85. The summed E-state index contributed by atoms with van der Waals surface area (Å²) in [5, 5.41) is 2.83. The average molecular weight is 456 g/mol. The molecule has 0 fully saturated rings. The summed E-state index contributed by atoms with van der Waals surface area (Å²) >= 11 is 0. The molecule has 1 aromatic heterocycles. The first-order valence-electron chi connectivity index (χ1n) is 10.6. The molecule has 0 radical (unpaired) electrons. The van der Waals surface area contributed by atoms with E-state index in [9.17, 15) is 4.79 Å². The van der Waals surface area contributed by atoms with Crippen LogP contribution in [0.3, 0.4) is 0 Å². The standard InChI is InChI=1S/C25H29NO7/c1-6-31-20-10-8-16(12-24(20)32-7-2)26-25(27)21-11-9-17(33-21)13-19-22(29-4)14-18(28-3)15-23(19)30-5/h8-12,14-15H,6-7,13H2,1-5H3,(H,26,27). The molecular weight excluding hydrogens is 426 g/mol. The van der Waals surface area contributed by atoms with Crippen LogP contribution in [0.5, 0.6) is 28.7 Å². The van der Waals surface area contributed by atoms with Crippen LogP contribution in [0.4, 0.5) is 5.69 Å². The summed E-state index contributed by atoms with van der Waals surface area (Å²) in [6.45, 7) is 4.79. The topological polar surface area (TPSA) is 88.4 Å². The SMILES string of the molecule is CCOc1ccc(NC(=O)c2ccc(Cc3c(OC)cc(OC)cc3OC)o2)cc1OCC. The highest BCUT2D eigenvalue weighted by atomic mass is 16.5. The molecular formula is C25H29NO7. The van der Waals surface area contributed by atoms with Gasteiger partial charge in [-0.1, -0.05) is 0 Å². The molecule has 0 saturated heterocycles. The number of hydrogen-bond acceptors (Lipinski definition) is 7. The minimum Gasteiger partial charge on any atom is -0.496 e. The molecule has 1 N–H and O–H groups in total. The summed E-state index contributed by atoms with van der Waals surface area (Å²) in [5.74, 6) is 3.41. The van der Waals surface area contributed by atoms with E-state index in [4.69, 9.17) is 28.1 Å². The van der Waals surface area contributed by atoms with Gasteiger partial charge in [-0.05, 0) is 38.1 Å². The van der Waals surface area contributed by atoms with Gasteiger partial charge in [-0.15, -0.1) is 0 Å². The molecule has 1 amide bonds. The third kappa shape index (κ3) is 5.71. The van der Waals surface area contributed by atoms with Gasteiger partial charge in [0.2, 0.25) is 0 Å². The minimum atomic E-state index is -0.374. The molecule has 1 heterocycles. The number of methoxy groups -OCH3 is 3. The third-order valence-corrected chi connectivity index (χ3v) is 4.85. The maximum atomic E-state index is 12.7. The molecule has 176 valence electrons. The predicted molar refractivity (Wildman–Crippen MR) is 124 cm³/mol. The number of nitrogens with one attached hydrogen (secondary N) is 1. The lowest BCUT2D eigenvalue weighted by Crippen LogP contribution is -2.11. The van der Waals surface area contributed by atoms with Crippen LogP contribution in [0.15, 0.2) is 46.9 Å². The van der Waals surface area contributed by atoms with Crippen molar-refractivity contribution in [3.8, 4) is 28.7 Å². The maximum Gasteiger partial charge on any atom is 0.291 e. The van der Waals surface area contributed by atoms with Gasteiger partial charge in [-0.3, -0.25) is 4.79 Å². The minimum absolute atomic E-state index is 0.184. The molecule has 0 spiro atoms. The normalized spacial score (nSPS) is 10.5. The van der Waals surface area contributed by atoms with Crippen molar-refractivity contribution in [3.63, 3.8) is 0 Å². The van der Waals surface area contributed by atoms with E-state index >= 15 is 0 Å². The second-order valence-electron chi connectivity index (χ2n) is 6.93. The number of hydrogen-bond donors (Lipinski definition) is 1. The van der Waals surface area contributed by atoms with Gasteiger partial charge in [0.05, 0.1) is 34.5 Å². The summed E-state index contributed by atoms with van der Waals surface area (Å²) < 4.78 is 33.3. The summed E-state index contributed by atoms with van der Waals surface area (Å²) in [7, 11) is 4.73. The molecule has 0 saturated carbocycles. The van der Waals surface area contributed by atoms with E-state index in [1.807, 2.05) is 13.8 Å². The van der Waals surface area contributed by atoms with E-state index in [2.05, 4.69) is 5.32 Å². The Morgan fingerprint density at radius 1 is 0.818 bits per heavy atom. The average Bonchev–Trinajstić information content (AvgIpc) is 3.30. The monoisotopic (exact) mass is 455 g/mol. The van der Waals surface area contributed by atoms with Crippen molar-refractivity contribution in [1.82, 2.24) is 0 Å². The van der Waals surface area contributed by atoms with Crippen molar-refractivity contribution in [2.45, 2.75) is 20.3 Å². The predicted octanol–water partition coefficient (Wildman–Crippen LogP) is 4.95. The fourth-order valence-corrected chi connectivity index (χ4v) is 3.34. The number of anilines is 1. The molecule has 0 bridgehead atoms. The molecule has 8 heteroatoms. The molecule has 0 aliphatic rings. The Labute approximate surface area is 193 Å². The summed E-state index contributed by atoms with van der Waals surface area (Å²) in [6.07, 6.45) is 0.376. The summed E-state index contributed by atoms with van der Waals surface area (Å²) in [4.78, 5) is 12.7. The summed E-state index contributed by atoms with van der Waals surface area (Å²) in [6, 6.07) is 12.2. The van der Waals surface area contributed by atoms with E-state index in [1.54, 1.807) is 63.8 Å². The zero-order valence-electron chi connectivity index (χ0n) is 19.5. The first-order chi connectivity index (χ1) is 16.0. The number of carbonyl (C=O) groups excluding carboxylic acids is 1. The van der Waals surface area contributed by atoms with Crippen LogP contribution in [-0.2, 0) is 6.42 Å². The zero-order chi connectivity index (χ0) is 23.8. The van der Waals surface area contributed by atoms with Crippen LogP contribution in [0.1, 0.15) is 35.7 Å². The summed E-state index contributed by atoms with van der Waals surface area (Å²) in [5.41, 5.74) is 1.36. The van der Waals surface area contributed by atoms with Gasteiger partial charge in [0, 0.05) is 35.9 Å². The number of ether oxygens (including phenoxy) is 5. The molecule has 0 unspecified atom stereocenters. The van der Waals surface area contributed by atoms with Gasteiger partial charge in [0.15, 0.2) is 17.3 Å². The smallest absolute Gasteiger partial charge is 0.291 e. The Morgan fingerprint density at radius 2 is 1.48 bits per heavy atom. The molecule has 33 heavy (non-hydrogen) atoms. The molecule has 8 nitrogen and oxygen atoms in total. The lowest BCUT2D eigenvalue weighted by molar-refractivity contribution is 0.0995. The molecule has 0 atom stereocenters. The Hall–Kier alpha value is -3.81. The van der Waals surface area contributed by atoms with Crippen molar-refractivity contribution >= 4 is 11.6 Å². The highest BCUT2D eigenvalue weighted by Crippen LogP contribution is 2.36. The number of carbonyl (C=O) groups is 1. The van der Waals surface area contributed by atoms with Crippen LogP contribution < -0.4 is 29.0 Å². The van der Waals surface area contributed by atoms with Gasteiger partial charge < -0.3 is 33.4 Å². The van der Waals surface area contributed by atoms with E-state index in [0.717, 1.165) is 5.56 Å². The number of amides is 1. The first kappa shape index (κ1) is 23.8. The molecule has 3 rings (SSSR count). The fourth-order valence-electron chi connectivity index (χ4n) is 3.34.